The summed E-state index contributed by atoms with van der Waals surface area (Å²) in [7, 11) is 3.60. The number of carbonyl (C=O) groups excluding carboxylic acids is 2. The fraction of sp³-hybridized carbons (Fsp3) is 0.273. The number of carboxylic acid groups (broad SMARTS) is 1. The van der Waals surface area contributed by atoms with Crippen molar-refractivity contribution in [3.05, 3.63) is 71.8 Å². The fourth-order valence-corrected chi connectivity index (χ4v) is 5.10. The number of urea groups is 1. The number of aliphatic carboxylic acids is 1. The van der Waals surface area contributed by atoms with Crippen molar-refractivity contribution >= 4 is 35.2 Å². The Morgan fingerprint density at radius 3 is 2.12 bits per heavy atom. The van der Waals surface area contributed by atoms with E-state index < -0.39 is 35.8 Å². The van der Waals surface area contributed by atoms with Crippen molar-refractivity contribution in [2.45, 2.75) is 11.3 Å². The van der Waals surface area contributed by atoms with Crippen LogP contribution in [-0.4, -0.2) is 70.0 Å². The van der Waals surface area contributed by atoms with Gasteiger partial charge in [0.1, 0.15) is 13.1 Å². The highest BCUT2D eigenvalue weighted by atomic mass is 32.1. The van der Waals surface area contributed by atoms with E-state index in [1.807, 2.05) is 77.5 Å². The lowest BCUT2D eigenvalue weighted by Crippen LogP contribution is -2.63. The van der Waals surface area contributed by atoms with Gasteiger partial charge in [-0.2, -0.15) is 0 Å². The van der Waals surface area contributed by atoms with Crippen LogP contribution < -0.4 is 10.6 Å². The van der Waals surface area contributed by atoms with Gasteiger partial charge in [0.2, 0.25) is 5.91 Å². The van der Waals surface area contributed by atoms with E-state index in [4.69, 9.17) is 17.3 Å². The van der Waals surface area contributed by atoms with Crippen molar-refractivity contribution in [3.63, 3.8) is 0 Å². The van der Waals surface area contributed by atoms with E-state index in [9.17, 15) is 14.4 Å². The number of hydrogen-bond donors (Lipinski definition) is 3. The number of thiocarbonyl (C=S) groups is 1. The lowest BCUT2D eigenvalue weighted by molar-refractivity contribution is -0.138. The Labute approximate surface area is 190 Å². The molecule has 10 heteroatoms. The summed E-state index contributed by atoms with van der Waals surface area (Å²) >= 11 is 5.75. The van der Waals surface area contributed by atoms with Gasteiger partial charge >= 0.3 is 12.0 Å². The van der Waals surface area contributed by atoms with Crippen molar-refractivity contribution in [1.82, 2.24) is 25.3 Å². The van der Waals surface area contributed by atoms with Crippen LogP contribution in [0.5, 0.6) is 0 Å². The van der Waals surface area contributed by atoms with E-state index >= 15 is 0 Å². The normalized spacial score (nSPS) is 24.4. The van der Waals surface area contributed by atoms with Crippen molar-refractivity contribution in [2.24, 2.45) is 0 Å². The first-order chi connectivity index (χ1) is 15.3. The molecule has 2 aliphatic rings. The van der Waals surface area contributed by atoms with Crippen LogP contribution in [0.1, 0.15) is 11.1 Å². The number of nitrogens with zero attached hydrogens (tertiary/aromatic N) is 3. The van der Waals surface area contributed by atoms with Gasteiger partial charge in [-0.3, -0.25) is 14.5 Å². The quantitative estimate of drug-likeness (QED) is 0.562. The smallest absolute Gasteiger partial charge is 0.322 e. The molecular weight excluding hydrogens is 430 g/mol. The summed E-state index contributed by atoms with van der Waals surface area (Å²) in [5.41, 5.74) is -0.799. The summed E-state index contributed by atoms with van der Waals surface area (Å²) in [6, 6.07) is 18.4. The maximum atomic E-state index is 13.4. The maximum Gasteiger partial charge on any atom is 0.322 e. The molecule has 0 radical (unpaired) electrons. The first kappa shape index (κ1) is 21.6. The Hall–Kier alpha value is -3.66. The molecule has 0 aliphatic carbocycles. The third kappa shape index (κ3) is 2.83. The molecule has 0 aromatic heterocycles. The molecule has 2 aromatic rings. The molecule has 0 bridgehead atoms. The zero-order valence-corrected chi connectivity index (χ0v) is 18.4. The molecule has 2 saturated heterocycles. The third-order valence-electron chi connectivity index (χ3n) is 6.10. The van der Waals surface area contributed by atoms with Gasteiger partial charge in [0.25, 0.3) is 0 Å². The van der Waals surface area contributed by atoms with E-state index in [0.29, 0.717) is 5.11 Å². The third-order valence-corrected chi connectivity index (χ3v) is 6.64. The zero-order valence-electron chi connectivity index (χ0n) is 17.6. The van der Waals surface area contributed by atoms with E-state index in [0.717, 1.165) is 11.1 Å². The highest BCUT2D eigenvalue weighted by Gasteiger charge is 2.74. The number of hydrogen-bond acceptors (Lipinski definition) is 4. The number of amides is 3. The molecule has 9 nitrogen and oxygen atoms in total. The van der Waals surface area contributed by atoms with Gasteiger partial charge in [-0.15, -0.1) is 0 Å². The number of fused-ring (bicyclic) bond motifs is 1. The van der Waals surface area contributed by atoms with Gasteiger partial charge in [-0.05, 0) is 12.2 Å². The van der Waals surface area contributed by atoms with Gasteiger partial charge in [0, 0.05) is 25.2 Å². The van der Waals surface area contributed by atoms with Crippen LogP contribution in [0, 0.1) is 0 Å². The highest BCUT2D eigenvalue weighted by Crippen LogP contribution is 2.56. The molecule has 4 rings (SSSR count). The minimum absolute atomic E-state index is 0.358. The topological polar surface area (TPSA) is 105 Å². The molecule has 0 saturated carbocycles. The molecule has 166 valence electrons. The number of benzene rings is 2. The molecule has 3 N–H and O–H groups in total. The molecule has 0 spiro atoms. The van der Waals surface area contributed by atoms with Crippen LogP contribution in [0.2, 0.25) is 0 Å². The Bertz CT molecular complexity index is 1080. The monoisotopic (exact) mass is 453 g/mol. The maximum absolute atomic E-state index is 13.4. The zero-order chi connectivity index (χ0) is 23.1. The lowest BCUT2D eigenvalue weighted by atomic mass is 9.80. The van der Waals surface area contributed by atoms with Crippen LogP contribution in [0.3, 0.4) is 0 Å². The Kier molecular flexibility index (Phi) is 5.25. The van der Waals surface area contributed by atoms with E-state index in [-0.39, 0.29) is 6.54 Å². The summed E-state index contributed by atoms with van der Waals surface area (Å²) in [5.74, 6) is -1.75. The Balaban J connectivity index is 1.95. The van der Waals surface area contributed by atoms with E-state index in [1.165, 1.54) is 4.90 Å². The molecule has 3 amide bonds. The Morgan fingerprint density at radius 1 is 1.00 bits per heavy atom. The standard InChI is InChI=1S/C22H23N5O4S/c1-25-20(32)26(2)22(16-11-7-4-8-12-16)21(25,15-9-5-3-6-10-15)24-19(31)27(22)14-17(28)23-13-18(29)30/h3-12H,13-14H2,1-2H3,(H,23,28)(H,24,31)(H,29,30). The summed E-state index contributed by atoms with van der Waals surface area (Å²) in [6.07, 6.45) is 0. The first-order valence-electron chi connectivity index (χ1n) is 9.97. The second-order valence-electron chi connectivity index (χ2n) is 7.70. The van der Waals surface area contributed by atoms with Crippen LogP contribution in [0.25, 0.3) is 0 Å². The highest BCUT2D eigenvalue weighted by molar-refractivity contribution is 7.80. The first-order valence-corrected chi connectivity index (χ1v) is 10.4. The number of rotatable bonds is 6. The van der Waals surface area contributed by atoms with Crippen molar-refractivity contribution in [2.75, 3.05) is 27.2 Å². The summed E-state index contributed by atoms with van der Waals surface area (Å²) < 4.78 is 0. The number of carboxylic acids is 1. The summed E-state index contributed by atoms with van der Waals surface area (Å²) in [5, 5.41) is 14.8. The van der Waals surface area contributed by atoms with Crippen molar-refractivity contribution in [1.29, 1.82) is 0 Å². The second kappa shape index (κ2) is 7.79. The minimum atomic E-state index is -1.21. The van der Waals surface area contributed by atoms with Crippen LogP contribution in [0.15, 0.2) is 60.7 Å². The van der Waals surface area contributed by atoms with E-state index in [1.54, 1.807) is 7.05 Å². The number of likely N-dealkylation sites (N-methyl/N-ethyl adjacent to an activating group) is 2. The lowest BCUT2D eigenvalue weighted by Gasteiger charge is -2.47. The van der Waals surface area contributed by atoms with Crippen molar-refractivity contribution < 1.29 is 19.5 Å². The number of carbonyl (C=O) groups is 3. The molecule has 2 atom stereocenters. The molecular formula is C22H23N5O4S. The summed E-state index contributed by atoms with van der Waals surface area (Å²) in [6.45, 7) is -0.895. The second-order valence-corrected chi connectivity index (χ2v) is 8.07. The molecule has 2 fully saturated rings. The number of nitrogens with one attached hydrogen (secondary N) is 2. The fourth-order valence-electron chi connectivity index (χ4n) is 4.84. The van der Waals surface area contributed by atoms with Gasteiger partial charge in [0.05, 0.1) is 0 Å². The molecule has 32 heavy (non-hydrogen) atoms. The molecule has 2 aliphatic heterocycles. The van der Waals surface area contributed by atoms with E-state index in [2.05, 4.69) is 10.6 Å². The van der Waals surface area contributed by atoms with Crippen LogP contribution in [-0.2, 0) is 20.9 Å². The van der Waals surface area contributed by atoms with Gasteiger partial charge < -0.3 is 25.5 Å². The minimum Gasteiger partial charge on any atom is -0.480 e. The van der Waals surface area contributed by atoms with Gasteiger partial charge in [-0.25, -0.2) is 4.79 Å². The molecule has 2 heterocycles. The molecule has 2 unspecified atom stereocenters. The predicted octanol–water partition coefficient (Wildman–Crippen LogP) is 1.08. The SMILES string of the molecule is CN1C(=S)N(C)C2(c3ccccc3)N(CC(=O)NCC(=O)O)C(=O)NC12c1ccccc1. The van der Waals surface area contributed by atoms with Crippen LogP contribution in [0.4, 0.5) is 4.79 Å². The van der Waals surface area contributed by atoms with Gasteiger partial charge in [-0.1, -0.05) is 60.7 Å². The molecule has 2 aromatic carbocycles. The largest absolute Gasteiger partial charge is 0.480 e. The average Bonchev–Trinajstić information content (AvgIpc) is 3.15. The average molecular weight is 454 g/mol. The Morgan fingerprint density at radius 2 is 1.56 bits per heavy atom. The van der Waals surface area contributed by atoms with Crippen molar-refractivity contribution in [3.8, 4) is 0 Å². The predicted molar refractivity (Wildman–Crippen MR) is 120 cm³/mol. The van der Waals surface area contributed by atoms with Gasteiger partial charge in [0.15, 0.2) is 16.4 Å². The summed E-state index contributed by atoms with van der Waals surface area (Å²) in [4.78, 5) is 42.1. The van der Waals surface area contributed by atoms with Crippen LogP contribution >= 0.6 is 12.2 Å².